The van der Waals surface area contributed by atoms with Gasteiger partial charge in [-0.05, 0) is 42.0 Å². The molecule has 1 fully saturated rings. The molecule has 8 heteroatoms. The first-order valence-electron chi connectivity index (χ1n) is 8.11. The lowest BCUT2D eigenvalue weighted by molar-refractivity contribution is -0.0515. The molecule has 1 aromatic carbocycles. The van der Waals surface area contributed by atoms with Crippen LogP contribution in [-0.2, 0) is 6.42 Å². The van der Waals surface area contributed by atoms with E-state index in [4.69, 9.17) is 27.9 Å². The van der Waals surface area contributed by atoms with Crippen LogP contribution < -0.4 is 9.47 Å². The number of hydrogen-bond acceptors (Lipinski definition) is 4. The van der Waals surface area contributed by atoms with Gasteiger partial charge in [-0.2, -0.15) is 8.78 Å². The Labute approximate surface area is 159 Å². The average Bonchev–Trinajstić information content (AvgIpc) is 3.41. The van der Waals surface area contributed by atoms with Crippen LogP contribution in [0.5, 0.6) is 11.5 Å². The van der Waals surface area contributed by atoms with E-state index in [1.165, 1.54) is 30.6 Å². The molecule has 1 N–H and O–H groups in total. The maximum absolute atomic E-state index is 12.6. The lowest BCUT2D eigenvalue weighted by Crippen LogP contribution is -2.08. The number of aliphatic hydroxyl groups excluding tert-OH is 1. The van der Waals surface area contributed by atoms with E-state index in [1.54, 1.807) is 0 Å². The second-order valence-electron chi connectivity index (χ2n) is 6.14. The zero-order chi connectivity index (χ0) is 18.7. The molecule has 0 bridgehead atoms. The largest absolute Gasteiger partial charge is 0.489 e. The van der Waals surface area contributed by atoms with Crippen LogP contribution in [0.4, 0.5) is 8.78 Å². The summed E-state index contributed by atoms with van der Waals surface area (Å²) in [5.41, 5.74) is 1.05. The number of halogens is 4. The number of hydrogen-bond donors (Lipinski definition) is 1. The Kier molecular flexibility index (Phi) is 6.16. The Hall–Kier alpha value is -1.63. The number of rotatable bonds is 8. The van der Waals surface area contributed by atoms with Crippen molar-refractivity contribution in [2.75, 3.05) is 6.61 Å². The summed E-state index contributed by atoms with van der Waals surface area (Å²) in [6.45, 7) is -2.52. The van der Waals surface area contributed by atoms with Crippen LogP contribution in [0.3, 0.4) is 0 Å². The molecule has 0 spiro atoms. The zero-order valence-corrected chi connectivity index (χ0v) is 15.2. The molecule has 0 amide bonds. The van der Waals surface area contributed by atoms with Gasteiger partial charge in [-0.1, -0.05) is 29.3 Å². The van der Waals surface area contributed by atoms with Crippen LogP contribution in [0.1, 0.15) is 30.1 Å². The normalized spacial score (nSPS) is 15.2. The van der Waals surface area contributed by atoms with Crippen molar-refractivity contribution < 1.29 is 23.4 Å². The summed E-state index contributed by atoms with van der Waals surface area (Å²) < 4.78 is 35.3. The Bertz CT molecular complexity index is 752. The fraction of sp³-hybridized carbons (Fsp3) is 0.389. The molecule has 1 aromatic heterocycles. The van der Waals surface area contributed by atoms with Crippen molar-refractivity contribution in [2.24, 2.45) is 5.92 Å². The van der Waals surface area contributed by atoms with Crippen molar-refractivity contribution >= 4 is 23.2 Å². The Morgan fingerprint density at radius 1 is 1.15 bits per heavy atom. The van der Waals surface area contributed by atoms with Crippen LogP contribution in [0, 0.1) is 5.92 Å². The van der Waals surface area contributed by atoms with Gasteiger partial charge in [-0.3, -0.25) is 4.98 Å². The second kappa shape index (κ2) is 8.37. The minimum atomic E-state index is -2.96. The van der Waals surface area contributed by atoms with E-state index in [2.05, 4.69) is 9.72 Å². The lowest BCUT2D eigenvalue weighted by atomic mass is 10.0. The molecule has 2 aromatic rings. The predicted molar refractivity (Wildman–Crippen MR) is 94.2 cm³/mol. The van der Waals surface area contributed by atoms with E-state index < -0.39 is 12.7 Å². The minimum absolute atomic E-state index is 0.0587. The molecular formula is C18H17Cl2F2NO3. The van der Waals surface area contributed by atoms with Crippen molar-refractivity contribution in [2.45, 2.75) is 32.0 Å². The van der Waals surface area contributed by atoms with Crippen molar-refractivity contribution in [3.8, 4) is 11.5 Å². The maximum atomic E-state index is 12.6. The van der Waals surface area contributed by atoms with E-state index in [0.29, 0.717) is 33.7 Å². The number of alkyl halides is 2. The van der Waals surface area contributed by atoms with Gasteiger partial charge in [0.2, 0.25) is 0 Å². The minimum Gasteiger partial charge on any atom is -0.489 e. The summed E-state index contributed by atoms with van der Waals surface area (Å²) in [5, 5.41) is 11.2. The fourth-order valence-corrected chi connectivity index (χ4v) is 2.99. The highest BCUT2D eigenvalue weighted by molar-refractivity contribution is 6.35. The highest BCUT2D eigenvalue weighted by Crippen LogP contribution is 2.36. The van der Waals surface area contributed by atoms with Crippen LogP contribution in [0.25, 0.3) is 0 Å². The van der Waals surface area contributed by atoms with E-state index >= 15 is 0 Å². The average molecular weight is 404 g/mol. The first-order valence-corrected chi connectivity index (χ1v) is 8.87. The SMILES string of the molecule is O[C@@H](Cc1c(Cl)cncc1Cl)c1ccc(OC(F)F)c(OCC2CC2)c1. The summed E-state index contributed by atoms with van der Waals surface area (Å²) in [6.07, 6.45) is 4.21. The molecule has 1 saturated carbocycles. The van der Waals surface area contributed by atoms with Crippen LogP contribution in [-0.4, -0.2) is 23.3 Å². The molecule has 0 unspecified atom stereocenters. The zero-order valence-electron chi connectivity index (χ0n) is 13.7. The van der Waals surface area contributed by atoms with Crippen molar-refractivity contribution in [3.05, 3.63) is 51.8 Å². The summed E-state index contributed by atoms with van der Waals surface area (Å²) in [6, 6.07) is 4.38. The molecule has 1 aliphatic rings. The maximum Gasteiger partial charge on any atom is 0.387 e. The molecular weight excluding hydrogens is 387 g/mol. The smallest absolute Gasteiger partial charge is 0.387 e. The number of aromatic nitrogens is 1. The van der Waals surface area contributed by atoms with Crippen molar-refractivity contribution in [3.63, 3.8) is 0 Å². The second-order valence-corrected chi connectivity index (χ2v) is 6.96. The van der Waals surface area contributed by atoms with Gasteiger partial charge in [0, 0.05) is 18.8 Å². The van der Waals surface area contributed by atoms with Gasteiger partial charge in [0.15, 0.2) is 11.5 Å². The van der Waals surface area contributed by atoms with Gasteiger partial charge in [0.25, 0.3) is 0 Å². The molecule has 1 aliphatic carbocycles. The summed E-state index contributed by atoms with van der Waals surface area (Å²) in [4.78, 5) is 3.87. The van der Waals surface area contributed by atoms with Gasteiger partial charge in [0.05, 0.1) is 22.8 Å². The molecule has 3 rings (SSSR count). The van der Waals surface area contributed by atoms with E-state index in [-0.39, 0.29) is 17.9 Å². The highest BCUT2D eigenvalue weighted by Gasteiger charge is 2.24. The number of aliphatic hydroxyl groups is 1. The standard InChI is InChI=1S/C18H17Cl2F2NO3/c19-13-7-23-8-14(20)12(13)6-15(24)11-3-4-16(26-18(21)22)17(5-11)25-9-10-1-2-10/h3-5,7-8,10,15,18,24H,1-2,6,9H2/t15-/m0/s1. The Balaban J connectivity index is 1.80. The number of ether oxygens (including phenoxy) is 2. The van der Waals surface area contributed by atoms with Crippen LogP contribution >= 0.6 is 23.2 Å². The Morgan fingerprint density at radius 3 is 2.46 bits per heavy atom. The molecule has 0 radical (unpaired) electrons. The molecule has 140 valence electrons. The fourth-order valence-electron chi connectivity index (χ4n) is 2.47. The monoisotopic (exact) mass is 403 g/mol. The quantitative estimate of drug-likeness (QED) is 0.669. The summed E-state index contributed by atoms with van der Waals surface area (Å²) in [7, 11) is 0. The number of benzene rings is 1. The van der Waals surface area contributed by atoms with Gasteiger partial charge >= 0.3 is 6.61 Å². The number of pyridine rings is 1. The third-order valence-corrected chi connectivity index (χ3v) is 4.74. The Morgan fingerprint density at radius 2 is 1.85 bits per heavy atom. The highest BCUT2D eigenvalue weighted by atomic mass is 35.5. The first-order chi connectivity index (χ1) is 12.4. The third-order valence-electron chi connectivity index (χ3n) is 4.09. The molecule has 1 atom stereocenters. The molecule has 26 heavy (non-hydrogen) atoms. The van der Waals surface area contributed by atoms with Gasteiger partial charge in [-0.25, -0.2) is 0 Å². The number of nitrogens with zero attached hydrogens (tertiary/aromatic N) is 1. The summed E-state index contributed by atoms with van der Waals surface area (Å²) >= 11 is 12.2. The van der Waals surface area contributed by atoms with Crippen LogP contribution in [0.2, 0.25) is 10.0 Å². The lowest BCUT2D eigenvalue weighted by Gasteiger charge is -2.17. The predicted octanol–water partition coefficient (Wildman–Crippen LogP) is 5.05. The van der Waals surface area contributed by atoms with E-state index in [1.807, 2.05) is 0 Å². The summed E-state index contributed by atoms with van der Waals surface area (Å²) in [5.74, 6) is 0.564. The topological polar surface area (TPSA) is 51.6 Å². The molecule has 4 nitrogen and oxygen atoms in total. The molecule has 0 aliphatic heterocycles. The first kappa shape index (κ1) is 19.1. The van der Waals surface area contributed by atoms with Gasteiger partial charge in [0.1, 0.15) is 0 Å². The van der Waals surface area contributed by atoms with Gasteiger partial charge in [-0.15, -0.1) is 0 Å². The van der Waals surface area contributed by atoms with E-state index in [0.717, 1.165) is 12.8 Å². The van der Waals surface area contributed by atoms with Crippen molar-refractivity contribution in [1.82, 2.24) is 4.98 Å². The van der Waals surface area contributed by atoms with Gasteiger partial charge < -0.3 is 14.6 Å². The van der Waals surface area contributed by atoms with Crippen LogP contribution in [0.15, 0.2) is 30.6 Å². The third kappa shape index (κ3) is 4.96. The molecule has 0 saturated heterocycles. The molecule has 1 heterocycles. The van der Waals surface area contributed by atoms with Crippen molar-refractivity contribution in [1.29, 1.82) is 0 Å². The van der Waals surface area contributed by atoms with E-state index in [9.17, 15) is 13.9 Å².